The van der Waals surface area contributed by atoms with E-state index >= 15 is 0 Å². The molecule has 0 heterocycles. The van der Waals surface area contributed by atoms with Gasteiger partial charge in [-0.25, -0.2) is 13.6 Å². The molecule has 0 aromatic heterocycles. The van der Waals surface area contributed by atoms with Gasteiger partial charge in [0.1, 0.15) is 11.6 Å². The molecule has 0 radical (unpaired) electrons. The second kappa shape index (κ2) is 8.56. The van der Waals surface area contributed by atoms with Crippen molar-refractivity contribution in [2.75, 3.05) is 19.7 Å². The molecular formula is C15H22F2N2O2. The Morgan fingerprint density at radius 3 is 2.67 bits per heavy atom. The first-order chi connectivity index (χ1) is 9.99. The SMILES string of the molecule is CCCCN(CCO)C(=O)NC(C)c1ccc(F)cc1F. The van der Waals surface area contributed by atoms with Crippen molar-refractivity contribution in [2.45, 2.75) is 32.7 Å². The zero-order chi connectivity index (χ0) is 15.8. The van der Waals surface area contributed by atoms with Gasteiger partial charge in [-0.05, 0) is 19.4 Å². The third-order valence-corrected chi connectivity index (χ3v) is 3.21. The summed E-state index contributed by atoms with van der Waals surface area (Å²) in [6.45, 7) is 4.26. The number of rotatable bonds is 7. The molecule has 1 rings (SSSR count). The van der Waals surface area contributed by atoms with Crippen LogP contribution < -0.4 is 5.32 Å². The van der Waals surface area contributed by atoms with Gasteiger partial charge in [0.25, 0.3) is 0 Å². The smallest absolute Gasteiger partial charge is 0.317 e. The van der Waals surface area contributed by atoms with Crippen LogP contribution in [0.1, 0.15) is 38.3 Å². The van der Waals surface area contributed by atoms with E-state index in [2.05, 4.69) is 5.32 Å². The summed E-state index contributed by atoms with van der Waals surface area (Å²) in [5.41, 5.74) is 0.226. The molecule has 4 nitrogen and oxygen atoms in total. The molecule has 6 heteroatoms. The van der Waals surface area contributed by atoms with E-state index < -0.39 is 17.7 Å². The van der Waals surface area contributed by atoms with Crippen LogP contribution in [-0.2, 0) is 0 Å². The van der Waals surface area contributed by atoms with Crippen LogP contribution in [0.5, 0.6) is 0 Å². The summed E-state index contributed by atoms with van der Waals surface area (Å²) in [6.07, 6.45) is 1.75. The summed E-state index contributed by atoms with van der Waals surface area (Å²) in [4.78, 5) is 13.6. The fourth-order valence-corrected chi connectivity index (χ4v) is 1.99. The van der Waals surface area contributed by atoms with E-state index in [-0.39, 0.29) is 24.7 Å². The molecule has 0 aliphatic carbocycles. The Labute approximate surface area is 123 Å². The number of aliphatic hydroxyl groups excluding tert-OH is 1. The van der Waals surface area contributed by atoms with E-state index in [1.54, 1.807) is 6.92 Å². The minimum absolute atomic E-state index is 0.129. The van der Waals surface area contributed by atoms with E-state index in [0.29, 0.717) is 6.54 Å². The van der Waals surface area contributed by atoms with Gasteiger partial charge in [-0.2, -0.15) is 0 Å². The molecule has 1 unspecified atom stereocenters. The number of nitrogens with zero attached hydrogens (tertiary/aromatic N) is 1. The van der Waals surface area contributed by atoms with E-state index in [1.165, 1.54) is 11.0 Å². The lowest BCUT2D eigenvalue weighted by Gasteiger charge is -2.24. The van der Waals surface area contributed by atoms with Gasteiger partial charge in [0.05, 0.1) is 12.6 Å². The van der Waals surface area contributed by atoms with Crippen LogP contribution in [0.3, 0.4) is 0 Å². The zero-order valence-corrected chi connectivity index (χ0v) is 12.4. The molecule has 21 heavy (non-hydrogen) atoms. The van der Waals surface area contributed by atoms with Gasteiger partial charge in [0.15, 0.2) is 0 Å². The van der Waals surface area contributed by atoms with Gasteiger partial charge in [-0.1, -0.05) is 19.4 Å². The maximum Gasteiger partial charge on any atom is 0.317 e. The molecule has 0 aliphatic rings. The predicted octanol–water partition coefficient (Wildman–Crippen LogP) is 2.83. The number of hydrogen-bond acceptors (Lipinski definition) is 2. The normalized spacial score (nSPS) is 12.0. The largest absolute Gasteiger partial charge is 0.395 e. The Morgan fingerprint density at radius 1 is 1.38 bits per heavy atom. The number of halogens is 2. The lowest BCUT2D eigenvalue weighted by Crippen LogP contribution is -2.43. The molecule has 0 aliphatic heterocycles. The Balaban J connectivity index is 2.70. The molecular weight excluding hydrogens is 278 g/mol. The van der Waals surface area contributed by atoms with Gasteiger partial charge in [0.2, 0.25) is 0 Å². The molecule has 0 bridgehead atoms. The fraction of sp³-hybridized carbons (Fsp3) is 0.533. The van der Waals surface area contributed by atoms with Crippen molar-refractivity contribution in [1.29, 1.82) is 0 Å². The Kier molecular flexibility index (Phi) is 7.08. The minimum Gasteiger partial charge on any atom is -0.395 e. The second-order valence-electron chi connectivity index (χ2n) is 4.90. The van der Waals surface area contributed by atoms with E-state index in [4.69, 9.17) is 5.11 Å². The molecule has 0 fully saturated rings. The highest BCUT2D eigenvalue weighted by Gasteiger charge is 2.18. The monoisotopic (exact) mass is 300 g/mol. The van der Waals surface area contributed by atoms with Crippen LogP contribution >= 0.6 is 0 Å². The van der Waals surface area contributed by atoms with Crippen molar-refractivity contribution < 1.29 is 18.7 Å². The zero-order valence-electron chi connectivity index (χ0n) is 12.4. The Morgan fingerprint density at radius 2 is 2.10 bits per heavy atom. The van der Waals surface area contributed by atoms with Crippen LogP contribution in [0.25, 0.3) is 0 Å². The number of carbonyl (C=O) groups excluding carboxylic acids is 1. The summed E-state index contributed by atoms with van der Waals surface area (Å²) >= 11 is 0. The molecule has 1 aromatic carbocycles. The molecule has 2 N–H and O–H groups in total. The van der Waals surface area contributed by atoms with E-state index in [0.717, 1.165) is 25.0 Å². The van der Waals surface area contributed by atoms with Crippen LogP contribution in [0.4, 0.5) is 13.6 Å². The van der Waals surface area contributed by atoms with Crippen LogP contribution in [0.2, 0.25) is 0 Å². The van der Waals surface area contributed by atoms with Crippen LogP contribution in [0.15, 0.2) is 18.2 Å². The topological polar surface area (TPSA) is 52.6 Å². The maximum absolute atomic E-state index is 13.7. The van der Waals surface area contributed by atoms with Crippen LogP contribution in [-0.4, -0.2) is 35.7 Å². The summed E-state index contributed by atoms with van der Waals surface area (Å²) < 4.78 is 26.5. The highest BCUT2D eigenvalue weighted by Crippen LogP contribution is 2.18. The number of aliphatic hydroxyl groups is 1. The number of hydrogen-bond donors (Lipinski definition) is 2. The minimum atomic E-state index is -0.690. The molecule has 2 amide bonds. The van der Waals surface area contributed by atoms with Crippen molar-refractivity contribution in [3.63, 3.8) is 0 Å². The fourth-order valence-electron chi connectivity index (χ4n) is 1.99. The lowest BCUT2D eigenvalue weighted by molar-refractivity contribution is 0.173. The number of amides is 2. The summed E-state index contributed by atoms with van der Waals surface area (Å²) in [6, 6.07) is 2.32. The molecule has 1 aromatic rings. The van der Waals surface area contributed by atoms with E-state index in [9.17, 15) is 13.6 Å². The van der Waals surface area contributed by atoms with E-state index in [1.807, 2.05) is 6.92 Å². The number of unbranched alkanes of at least 4 members (excludes halogenated alkanes) is 1. The summed E-state index contributed by atoms with van der Waals surface area (Å²) in [5.74, 6) is -1.34. The molecule has 1 atom stereocenters. The molecule has 0 saturated heterocycles. The van der Waals surface area contributed by atoms with Crippen molar-refractivity contribution >= 4 is 6.03 Å². The highest BCUT2D eigenvalue weighted by molar-refractivity contribution is 5.74. The maximum atomic E-state index is 13.7. The average Bonchev–Trinajstić information content (AvgIpc) is 2.43. The number of nitrogens with one attached hydrogen (secondary N) is 1. The van der Waals surface area contributed by atoms with Gasteiger partial charge in [0, 0.05) is 24.7 Å². The van der Waals surface area contributed by atoms with Crippen molar-refractivity contribution in [2.24, 2.45) is 0 Å². The third kappa shape index (κ3) is 5.30. The second-order valence-corrected chi connectivity index (χ2v) is 4.90. The Hall–Kier alpha value is -1.69. The number of urea groups is 1. The predicted molar refractivity (Wildman–Crippen MR) is 76.9 cm³/mol. The quantitative estimate of drug-likeness (QED) is 0.813. The number of carbonyl (C=O) groups is 1. The van der Waals surface area contributed by atoms with Gasteiger partial charge >= 0.3 is 6.03 Å². The molecule has 118 valence electrons. The first-order valence-corrected chi connectivity index (χ1v) is 7.10. The summed E-state index contributed by atoms with van der Waals surface area (Å²) in [5, 5.41) is 11.7. The van der Waals surface area contributed by atoms with Gasteiger partial charge in [-0.15, -0.1) is 0 Å². The molecule has 0 spiro atoms. The first-order valence-electron chi connectivity index (χ1n) is 7.10. The van der Waals surface area contributed by atoms with Crippen molar-refractivity contribution in [1.82, 2.24) is 10.2 Å². The first kappa shape index (κ1) is 17.4. The van der Waals surface area contributed by atoms with Crippen molar-refractivity contribution in [3.05, 3.63) is 35.4 Å². The lowest BCUT2D eigenvalue weighted by atomic mass is 10.1. The van der Waals surface area contributed by atoms with Gasteiger partial charge < -0.3 is 15.3 Å². The number of benzene rings is 1. The standard InChI is InChI=1S/C15H22F2N2O2/c1-3-4-7-19(8-9-20)15(21)18-11(2)13-6-5-12(16)10-14(13)17/h5-6,10-11,20H,3-4,7-9H2,1-2H3,(H,18,21). The Bertz CT molecular complexity index is 469. The highest BCUT2D eigenvalue weighted by atomic mass is 19.1. The van der Waals surface area contributed by atoms with Gasteiger partial charge in [-0.3, -0.25) is 0 Å². The average molecular weight is 300 g/mol. The summed E-state index contributed by atoms with van der Waals surface area (Å²) in [7, 11) is 0. The molecule has 0 saturated carbocycles. The van der Waals surface area contributed by atoms with Crippen molar-refractivity contribution in [3.8, 4) is 0 Å². The van der Waals surface area contributed by atoms with Crippen LogP contribution in [0, 0.1) is 11.6 Å². The third-order valence-electron chi connectivity index (χ3n) is 3.21.